The Kier molecular flexibility index (Phi) is 7.61. The average Bonchev–Trinajstić information content (AvgIpc) is 2.15. The van der Waals surface area contributed by atoms with Gasteiger partial charge in [0.2, 0.25) is 0 Å². The third-order valence-electron chi connectivity index (χ3n) is 1.60. The minimum atomic E-state index is -0.425. The van der Waals surface area contributed by atoms with E-state index >= 15 is 0 Å². The van der Waals surface area contributed by atoms with Gasteiger partial charge >= 0.3 is 0 Å². The van der Waals surface area contributed by atoms with Crippen LogP contribution in [0, 0.1) is 0 Å². The van der Waals surface area contributed by atoms with Gasteiger partial charge in [0.15, 0.2) is 0 Å². The molecule has 0 aliphatic rings. The first-order valence-electron chi connectivity index (χ1n) is 5.52. The van der Waals surface area contributed by atoms with Crippen LogP contribution in [0.3, 0.4) is 0 Å². The first-order chi connectivity index (χ1) is 7.91. The fourth-order valence-electron chi connectivity index (χ4n) is 0.849. The number of hydrogen-bond acceptors (Lipinski definition) is 2. The van der Waals surface area contributed by atoms with E-state index in [4.69, 9.17) is 9.47 Å². The Labute approximate surface area is 105 Å². The van der Waals surface area contributed by atoms with Gasteiger partial charge in [0, 0.05) is 0 Å². The molecule has 0 heterocycles. The Bertz CT molecular complexity index is 316. The van der Waals surface area contributed by atoms with Crippen molar-refractivity contribution in [3.05, 3.63) is 60.6 Å². The predicted octanol–water partition coefficient (Wildman–Crippen LogP) is 4.49. The van der Waals surface area contributed by atoms with Gasteiger partial charge in [-0.3, -0.25) is 0 Å². The second-order valence-corrected chi connectivity index (χ2v) is 4.18. The number of ether oxygens (including phenoxy) is 2. The van der Waals surface area contributed by atoms with Crippen LogP contribution < -0.4 is 0 Å². The molecule has 0 amide bonds. The lowest BCUT2D eigenvalue weighted by atomic mass is 10.3. The Morgan fingerprint density at radius 3 is 1.59 bits per heavy atom. The van der Waals surface area contributed by atoms with Crippen molar-refractivity contribution >= 4 is 0 Å². The summed E-state index contributed by atoms with van der Waals surface area (Å²) in [5.41, 5.74) is 2.99. The lowest BCUT2D eigenvalue weighted by molar-refractivity contribution is -0.0235. The van der Waals surface area contributed by atoms with Crippen LogP contribution >= 0.6 is 0 Å². The number of hydrogen-bond donors (Lipinski definition) is 0. The zero-order chi connectivity index (χ0) is 13.3. The van der Waals surface area contributed by atoms with Gasteiger partial charge in [-0.25, -0.2) is 0 Å². The van der Waals surface area contributed by atoms with Gasteiger partial charge in [-0.05, 0) is 45.9 Å². The van der Waals surface area contributed by atoms with E-state index in [9.17, 15) is 0 Å². The molecular weight excluding hydrogens is 212 g/mol. The van der Waals surface area contributed by atoms with Crippen LogP contribution in [-0.2, 0) is 9.47 Å². The molecule has 0 fully saturated rings. The van der Waals surface area contributed by atoms with Gasteiger partial charge in [-0.1, -0.05) is 29.9 Å². The molecule has 2 nitrogen and oxygen atoms in total. The summed E-state index contributed by atoms with van der Waals surface area (Å²) in [6.45, 7) is 15.3. The summed E-state index contributed by atoms with van der Waals surface area (Å²) in [6.07, 6.45) is 8.22. The molecular formula is C15H22O2. The lowest BCUT2D eigenvalue weighted by Crippen LogP contribution is -2.08. The molecule has 0 bridgehead atoms. The summed E-state index contributed by atoms with van der Waals surface area (Å²) < 4.78 is 10.8. The van der Waals surface area contributed by atoms with Crippen molar-refractivity contribution in [2.24, 2.45) is 0 Å². The molecule has 0 aromatic rings. The largest absolute Gasteiger partial charge is 0.459 e. The highest BCUT2D eigenvalue weighted by Gasteiger charge is 2.01. The quantitative estimate of drug-likeness (QED) is 0.279. The van der Waals surface area contributed by atoms with E-state index in [1.807, 2.05) is 33.8 Å². The third kappa shape index (κ3) is 10.6. The Balaban J connectivity index is 4.39. The SMILES string of the molecule is C=C(C)C=COC(C=C(C)C)OC=CC(=C)C. The highest BCUT2D eigenvalue weighted by molar-refractivity contribution is 5.10. The maximum atomic E-state index is 5.42. The molecule has 0 unspecified atom stereocenters. The summed E-state index contributed by atoms with van der Waals surface area (Å²) in [6, 6.07) is 0. The zero-order valence-electron chi connectivity index (χ0n) is 11.2. The normalized spacial score (nSPS) is 12.5. The summed E-state index contributed by atoms with van der Waals surface area (Å²) in [5.74, 6) is 0. The Morgan fingerprint density at radius 1 is 0.882 bits per heavy atom. The minimum absolute atomic E-state index is 0.425. The highest BCUT2D eigenvalue weighted by Crippen LogP contribution is 2.05. The second-order valence-electron chi connectivity index (χ2n) is 4.18. The molecule has 0 aliphatic heterocycles. The van der Waals surface area contributed by atoms with Crippen molar-refractivity contribution in [1.29, 1.82) is 0 Å². The standard InChI is InChI=1S/C15H22O2/c1-12(2)7-9-16-15(11-14(5)6)17-10-8-13(3)4/h7-11,15H,1,3H2,2,4-6H3. The van der Waals surface area contributed by atoms with Gasteiger partial charge in [0.25, 0.3) is 6.29 Å². The van der Waals surface area contributed by atoms with E-state index in [1.54, 1.807) is 24.7 Å². The van der Waals surface area contributed by atoms with Crippen LogP contribution in [-0.4, -0.2) is 6.29 Å². The lowest BCUT2D eigenvalue weighted by Gasteiger charge is -2.12. The summed E-state index contributed by atoms with van der Waals surface area (Å²) in [7, 11) is 0. The van der Waals surface area contributed by atoms with Gasteiger partial charge in [-0.2, -0.15) is 0 Å². The topological polar surface area (TPSA) is 18.5 Å². The van der Waals surface area contributed by atoms with Gasteiger partial charge in [-0.15, -0.1) is 0 Å². The first-order valence-corrected chi connectivity index (χ1v) is 5.52. The average molecular weight is 234 g/mol. The van der Waals surface area contributed by atoms with E-state index in [1.165, 1.54) is 0 Å². The smallest absolute Gasteiger partial charge is 0.259 e. The van der Waals surface area contributed by atoms with Crippen LogP contribution in [0.25, 0.3) is 0 Å². The highest BCUT2D eigenvalue weighted by atomic mass is 16.7. The maximum absolute atomic E-state index is 5.42. The van der Waals surface area contributed by atoms with E-state index < -0.39 is 6.29 Å². The van der Waals surface area contributed by atoms with Crippen molar-refractivity contribution < 1.29 is 9.47 Å². The molecule has 2 heteroatoms. The van der Waals surface area contributed by atoms with Crippen LogP contribution in [0.5, 0.6) is 0 Å². The molecule has 0 N–H and O–H groups in total. The van der Waals surface area contributed by atoms with Gasteiger partial charge < -0.3 is 9.47 Å². The Hall–Kier alpha value is -1.70. The van der Waals surface area contributed by atoms with Crippen LogP contribution in [0.15, 0.2) is 60.6 Å². The van der Waals surface area contributed by atoms with Gasteiger partial charge in [0.1, 0.15) is 0 Å². The molecule has 94 valence electrons. The zero-order valence-corrected chi connectivity index (χ0v) is 11.2. The molecule has 0 aromatic heterocycles. The molecule has 0 spiro atoms. The molecule has 0 saturated heterocycles. The van der Waals surface area contributed by atoms with E-state index in [2.05, 4.69) is 13.2 Å². The van der Waals surface area contributed by atoms with Crippen molar-refractivity contribution in [3.63, 3.8) is 0 Å². The van der Waals surface area contributed by atoms with E-state index in [0.29, 0.717) is 0 Å². The molecule has 0 rings (SSSR count). The van der Waals surface area contributed by atoms with E-state index in [0.717, 1.165) is 16.7 Å². The fourth-order valence-corrected chi connectivity index (χ4v) is 0.849. The second kappa shape index (κ2) is 8.45. The van der Waals surface area contributed by atoms with Crippen molar-refractivity contribution in [2.45, 2.75) is 34.0 Å². The molecule has 0 aromatic carbocycles. The van der Waals surface area contributed by atoms with Gasteiger partial charge in [0.05, 0.1) is 12.5 Å². The van der Waals surface area contributed by atoms with Crippen molar-refractivity contribution in [1.82, 2.24) is 0 Å². The molecule has 17 heavy (non-hydrogen) atoms. The van der Waals surface area contributed by atoms with Crippen molar-refractivity contribution in [3.8, 4) is 0 Å². The number of rotatable bonds is 7. The van der Waals surface area contributed by atoms with Crippen LogP contribution in [0.1, 0.15) is 27.7 Å². The maximum Gasteiger partial charge on any atom is 0.259 e. The summed E-state index contributed by atoms with van der Waals surface area (Å²) in [5, 5.41) is 0. The van der Waals surface area contributed by atoms with Crippen LogP contribution in [0.4, 0.5) is 0 Å². The fraction of sp³-hybridized carbons (Fsp3) is 0.333. The predicted molar refractivity (Wildman–Crippen MR) is 73.3 cm³/mol. The number of allylic oxidation sites excluding steroid dienone is 5. The third-order valence-corrected chi connectivity index (χ3v) is 1.60. The molecule has 0 radical (unpaired) electrons. The summed E-state index contributed by atoms with van der Waals surface area (Å²) in [4.78, 5) is 0. The van der Waals surface area contributed by atoms with Crippen molar-refractivity contribution in [2.75, 3.05) is 0 Å². The van der Waals surface area contributed by atoms with Crippen LogP contribution in [0.2, 0.25) is 0 Å². The Morgan fingerprint density at radius 2 is 1.29 bits per heavy atom. The minimum Gasteiger partial charge on any atom is -0.459 e. The first kappa shape index (κ1) is 15.3. The molecule has 0 saturated carbocycles. The summed E-state index contributed by atoms with van der Waals surface area (Å²) >= 11 is 0. The molecule has 0 aliphatic carbocycles. The monoisotopic (exact) mass is 234 g/mol. The molecule has 0 atom stereocenters. The van der Waals surface area contributed by atoms with E-state index in [-0.39, 0.29) is 0 Å².